The standard InChI is InChI=1S/C14H14N4O3S2/c1-15-23(20,21)12-4-2-10(3-5-12)13(19)16-8-11-9-18-6-7-22-14(18)17-11/h2-7,9,15H,8H2,1H3,(H,16,19). The summed E-state index contributed by atoms with van der Waals surface area (Å²) in [6, 6.07) is 5.75. The van der Waals surface area contributed by atoms with Crippen molar-refractivity contribution < 1.29 is 13.2 Å². The second-order valence-electron chi connectivity index (χ2n) is 4.74. The third kappa shape index (κ3) is 3.26. The SMILES string of the molecule is CNS(=O)(=O)c1ccc(C(=O)NCc2cn3ccsc3n2)cc1. The Kier molecular flexibility index (Phi) is 4.16. The number of nitrogens with one attached hydrogen (secondary N) is 2. The Bertz CT molecular complexity index is 913. The van der Waals surface area contributed by atoms with Crippen LogP contribution in [0.15, 0.2) is 46.9 Å². The van der Waals surface area contributed by atoms with Crippen molar-refractivity contribution in [3.63, 3.8) is 0 Å². The summed E-state index contributed by atoms with van der Waals surface area (Å²) in [5.74, 6) is -0.283. The number of fused-ring (bicyclic) bond motifs is 1. The van der Waals surface area contributed by atoms with Gasteiger partial charge >= 0.3 is 0 Å². The highest BCUT2D eigenvalue weighted by Gasteiger charge is 2.13. The fourth-order valence-electron chi connectivity index (χ4n) is 2.04. The van der Waals surface area contributed by atoms with Crippen molar-refractivity contribution in [2.45, 2.75) is 11.4 Å². The molecule has 0 saturated carbocycles. The van der Waals surface area contributed by atoms with Crippen molar-refractivity contribution in [3.8, 4) is 0 Å². The van der Waals surface area contributed by atoms with E-state index in [0.29, 0.717) is 12.1 Å². The number of sulfonamides is 1. The highest BCUT2D eigenvalue weighted by molar-refractivity contribution is 7.89. The number of hydrogen-bond acceptors (Lipinski definition) is 5. The first kappa shape index (κ1) is 15.7. The van der Waals surface area contributed by atoms with E-state index < -0.39 is 10.0 Å². The Labute approximate surface area is 137 Å². The Morgan fingerprint density at radius 3 is 2.70 bits per heavy atom. The minimum atomic E-state index is -3.50. The van der Waals surface area contributed by atoms with E-state index in [1.165, 1.54) is 42.6 Å². The molecule has 0 bridgehead atoms. The van der Waals surface area contributed by atoms with Gasteiger partial charge in [0.2, 0.25) is 10.0 Å². The summed E-state index contributed by atoms with van der Waals surface area (Å²) in [6.07, 6.45) is 3.76. The van der Waals surface area contributed by atoms with Crippen LogP contribution < -0.4 is 10.0 Å². The first-order valence-corrected chi connectivity index (χ1v) is 9.09. The number of hydrogen-bond donors (Lipinski definition) is 2. The zero-order valence-corrected chi connectivity index (χ0v) is 13.8. The van der Waals surface area contributed by atoms with E-state index in [0.717, 1.165) is 10.7 Å². The van der Waals surface area contributed by atoms with Crippen molar-refractivity contribution in [2.75, 3.05) is 7.05 Å². The maximum Gasteiger partial charge on any atom is 0.251 e. The normalized spacial score (nSPS) is 11.7. The van der Waals surface area contributed by atoms with Gasteiger partial charge < -0.3 is 5.32 Å². The number of amides is 1. The van der Waals surface area contributed by atoms with Crippen LogP contribution in [0.1, 0.15) is 16.1 Å². The summed E-state index contributed by atoms with van der Waals surface area (Å²) >= 11 is 1.52. The molecule has 3 rings (SSSR count). The molecule has 23 heavy (non-hydrogen) atoms. The molecule has 0 aliphatic heterocycles. The lowest BCUT2D eigenvalue weighted by Gasteiger charge is -2.05. The smallest absolute Gasteiger partial charge is 0.251 e. The van der Waals surface area contributed by atoms with Crippen LogP contribution in [0.3, 0.4) is 0 Å². The monoisotopic (exact) mass is 350 g/mol. The maximum atomic E-state index is 12.1. The minimum Gasteiger partial charge on any atom is -0.346 e. The predicted octanol–water partition coefficient (Wildman–Crippen LogP) is 1.23. The van der Waals surface area contributed by atoms with Crippen LogP contribution in [-0.4, -0.2) is 30.8 Å². The summed E-state index contributed by atoms with van der Waals surface area (Å²) in [4.78, 5) is 17.5. The van der Waals surface area contributed by atoms with Crippen LogP contribution in [0.25, 0.3) is 4.96 Å². The fourth-order valence-corrected chi connectivity index (χ4v) is 3.49. The Hall–Kier alpha value is -2.23. The van der Waals surface area contributed by atoms with Crippen molar-refractivity contribution in [3.05, 3.63) is 53.3 Å². The number of nitrogens with zero attached hydrogens (tertiary/aromatic N) is 2. The van der Waals surface area contributed by atoms with E-state index in [1.807, 2.05) is 22.2 Å². The van der Waals surface area contributed by atoms with Crippen molar-refractivity contribution in [2.24, 2.45) is 0 Å². The van der Waals surface area contributed by atoms with E-state index in [2.05, 4.69) is 15.0 Å². The van der Waals surface area contributed by atoms with Gasteiger partial charge in [0.05, 0.1) is 17.1 Å². The number of carbonyl (C=O) groups is 1. The molecule has 120 valence electrons. The molecule has 2 N–H and O–H groups in total. The number of aromatic nitrogens is 2. The Balaban J connectivity index is 1.67. The molecular formula is C14H14N4O3S2. The molecule has 0 unspecified atom stereocenters. The van der Waals surface area contributed by atoms with Crippen LogP contribution >= 0.6 is 11.3 Å². The summed E-state index contributed by atoms with van der Waals surface area (Å²) in [7, 11) is -2.16. The van der Waals surface area contributed by atoms with Gasteiger partial charge in [-0.15, -0.1) is 11.3 Å². The van der Waals surface area contributed by atoms with Crippen LogP contribution in [0, 0.1) is 0 Å². The van der Waals surface area contributed by atoms with Crippen molar-refractivity contribution in [1.29, 1.82) is 0 Å². The summed E-state index contributed by atoms with van der Waals surface area (Å²) in [6.45, 7) is 0.309. The average molecular weight is 350 g/mol. The molecule has 2 aromatic heterocycles. The van der Waals surface area contributed by atoms with Crippen LogP contribution in [0.4, 0.5) is 0 Å². The van der Waals surface area contributed by atoms with Gasteiger partial charge in [-0.25, -0.2) is 18.1 Å². The zero-order chi connectivity index (χ0) is 16.4. The second kappa shape index (κ2) is 6.11. The van der Waals surface area contributed by atoms with Crippen LogP contribution in [-0.2, 0) is 16.6 Å². The summed E-state index contributed by atoms with van der Waals surface area (Å²) in [5, 5.41) is 4.70. The van der Waals surface area contributed by atoms with Gasteiger partial charge in [-0.2, -0.15) is 0 Å². The maximum absolute atomic E-state index is 12.1. The average Bonchev–Trinajstić information content (AvgIpc) is 3.14. The summed E-state index contributed by atoms with van der Waals surface area (Å²) < 4.78 is 27.4. The highest BCUT2D eigenvalue weighted by atomic mass is 32.2. The van der Waals surface area contributed by atoms with Gasteiger partial charge in [-0.05, 0) is 31.3 Å². The number of imidazole rings is 1. The number of benzene rings is 1. The lowest BCUT2D eigenvalue weighted by molar-refractivity contribution is 0.0950. The summed E-state index contributed by atoms with van der Waals surface area (Å²) in [5.41, 5.74) is 1.15. The molecule has 7 nitrogen and oxygen atoms in total. The molecule has 0 aliphatic rings. The van der Waals surface area contributed by atoms with Crippen LogP contribution in [0.5, 0.6) is 0 Å². The quantitative estimate of drug-likeness (QED) is 0.724. The zero-order valence-electron chi connectivity index (χ0n) is 12.2. The number of carbonyl (C=O) groups excluding carboxylic acids is 1. The van der Waals surface area contributed by atoms with Crippen molar-refractivity contribution >= 4 is 32.2 Å². The molecule has 0 radical (unpaired) electrons. The van der Waals surface area contributed by atoms with Gasteiger partial charge in [0.1, 0.15) is 0 Å². The van der Waals surface area contributed by atoms with Gasteiger partial charge in [-0.3, -0.25) is 9.20 Å². The molecule has 3 aromatic rings. The predicted molar refractivity (Wildman–Crippen MR) is 86.9 cm³/mol. The molecule has 0 aliphatic carbocycles. The third-order valence-electron chi connectivity index (χ3n) is 3.27. The Morgan fingerprint density at radius 1 is 1.30 bits per heavy atom. The number of rotatable bonds is 5. The molecular weight excluding hydrogens is 336 g/mol. The van der Waals surface area contributed by atoms with E-state index >= 15 is 0 Å². The van der Waals surface area contributed by atoms with Crippen LogP contribution in [0.2, 0.25) is 0 Å². The molecule has 0 fully saturated rings. The molecule has 1 amide bonds. The van der Waals surface area contributed by atoms with E-state index in [9.17, 15) is 13.2 Å². The molecule has 0 spiro atoms. The lowest BCUT2D eigenvalue weighted by Crippen LogP contribution is -2.23. The first-order valence-electron chi connectivity index (χ1n) is 6.72. The fraction of sp³-hybridized carbons (Fsp3) is 0.143. The van der Waals surface area contributed by atoms with E-state index in [4.69, 9.17) is 0 Å². The Morgan fingerprint density at radius 2 is 2.04 bits per heavy atom. The topological polar surface area (TPSA) is 92.6 Å². The molecule has 9 heteroatoms. The van der Waals surface area contributed by atoms with E-state index in [1.54, 1.807) is 0 Å². The second-order valence-corrected chi connectivity index (χ2v) is 7.50. The number of thiazole rings is 1. The van der Waals surface area contributed by atoms with Crippen molar-refractivity contribution in [1.82, 2.24) is 19.4 Å². The van der Waals surface area contributed by atoms with Gasteiger partial charge in [0, 0.05) is 23.3 Å². The third-order valence-corrected chi connectivity index (χ3v) is 5.47. The first-order chi connectivity index (χ1) is 11.0. The van der Waals surface area contributed by atoms with Gasteiger partial charge in [-0.1, -0.05) is 0 Å². The highest BCUT2D eigenvalue weighted by Crippen LogP contribution is 2.12. The molecule has 2 heterocycles. The molecule has 1 aromatic carbocycles. The van der Waals surface area contributed by atoms with Gasteiger partial charge in [0.25, 0.3) is 5.91 Å². The minimum absolute atomic E-state index is 0.117. The molecule has 0 saturated heterocycles. The van der Waals surface area contributed by atoms with Gasteiger partial charge in [0.15, 0.2) is 4.96 Å². The van der Waals surface area contributed by atoms with E-state index in [-0.39, 0.29) is 10.8 Å². The molecule has 0 atom stereocenters. The lowest BCUT2D eigenvalue weighted by atomic mass is 10.2. The largest absolute Gasteiger partial charge is 0.346 e.